The van der Waals surface area contributed by atoms with Crippen LogP contribution in [0.5, 0.6) is 5.75 Å². The van der Waals surface area contributed by atoms with E-state index in [1.807, 2.05) is 6.92 Å². The van der Waals surface area contributed by atoms with Gasteiger partial charge in [0.05, 0.1) is 21.7 Å². The highest BCUT2D eigenvalue weighted by Crippen LogP contribution is 2.44. The first-order chi connectivity index (χ1) is 15.7. The van der Waals surface area contributed by atoms with Gasteiger partial charge in [0.1, 0.15) is 22.6 Å². The smallest absolute Gasteiger partial charge is 0.301 e. The molecule has 1 fully saturated rings. The number of rotatable bonds is 3. The molecule has 1 N–H and O–H groups in total. The van der Waals surface area contributed by atoms with Gasteiger partial charge in [0.2, 0.25) is 5.13 Å². The summed E-state index contributed by atoms with van der Waals surface area (Å²) in [5.74, 6) is -1.16. The molecule has 3 heterocycles. The zero-order chi connectivity index (χ0) is 23.4. The average Bonchev–Trinajstić information content (AvgIpc) is 3.44. The SMILES string of the molecule is Cc1nnc(N2C(=O)C(=O)/C(=C(/O)c3ccc4c(c3)C[C@H](C)O4)[C@@H]2c2ccc(Cl)c(Cl)c2)s1. The maximum absolute atomic E-state index is 13.2. The number of aliphatic hydroxyl groups excluding tert-OH is 1. The number of aromatic nitrogens is 2. The summed E-state index contributed by atoms with van der Waals surface area (Å²) in [7, 11) is 0. The van der Waals surface area contributed by atoms with Gasteiger partial charge in [-0.25, -0.2) is 0 Å². The van der Waals surface area contributed by atoms with Gasteiger partial charge < -0.3 is 9.84 Å². The molecule has 2 aliphatic rings. The minimum absolute atomic E-state index is 0.0276. The molecule has 0 radical (unpaired) electrons. The summed E-state index contributed by atoms with van der Waals surface area (Å²) >= 11 is 13.5. The van der Waals surface area contributed by atoms with Gasteiger partial charge in [-0.05, 0) is 55.3 Å². The summed E-state index contributed by atoms with van der Waals surface area (Å²) in [6, 6.07) is 9.08. The molecule has 5 rings (SSSR count). The van der Waals surface area contributed by atoms with E-state index in [0.717, 1.165) is 11.3 Å². The van der Waals surface area contributed by atoms with Crippen molar-refractivity contribution >= 4 is 57.1 Å². The molecule has 168 valence electrons. The first-order valence-corrected chi connectivity index (χ1v) is 11.7. The maximum Gasteiger partial charge on any atom is 0.301 e. The number of halogens is 2. The van der Waals surface area contributed by atoms with Crippen molar-refractivity contribution in [3.8, 4) is 5.75 Å². The van der Waals surface area contributed by atoms with Crippen LogP contribution in [0.25, 0.3) is 5.76 Å². The van der Waals surface area contributed by atoms with Crippen LogP contribution in [0, 0.1) is 6.92 Å². The standard InChI is InChI=1S/C23H17Cl2N3O4S/c1-10-7-14-8-13(4-6-17(14)32-10)20(29)18-19(12-3-5-15(24)16(25)9-12)28(22(31)21(18)30)23-27-26-11(2)33-23/h3-6,8-10,19,29H,7H2,1-2H3/b20-18+/t10-,19-/m0/s1. The number of fused-ring (bicyclic) bond motifs is 1. The molecule has 1 amide bonds. The van der Waals surface area contributed by atoms with Crippen LogP contribution in [-0.4, -0.2) is 33.1 Å². The Hall–Kier alpha value is -2.94. The molecular formula is C23H17Cl2N3O4S. The van der Waals surface area contributed by atoms with Crippen molar-refractivity contribution < 1.29 is 19.4 Å². The first-order valence-electron chi connectivity index (χ1n) is 10.1. The summed E-state index contributed by atoms with van der Waals surface area (Å²) < 4.78 is 5.73. The van der Waals surface area contributed by atoms with Crippen LogP contribution in [0.3, 0.4) is 0 Å². The topological polar surface area (TPSA) is 92.6 Å². The van der Waals surface area contributed by atoms with E-state index in [0.29, 0.717) is 27.6 Å². The number of ether oxygens (including phenoxy) is 1. The van der Waals surface area contributed by atoms with Crippen molar-refractivity contribution in [1.29, 1.82) is 0 Å². The van der Waals surface area contributed by atoms with Gasteiger partial charge in [-0.3, -0.25) is 14.5 Å². The molecule has 33 heavy (non-hydrogen) atoms. The molecule has 0 aliphatic carbocycles. The number of benzene rings is 2. The van der Waals surface area contributed by atoms with E-state index in [-0.39, 0.29) is 27.6 Å². The Labute approximate surface area is 203 Å². The molecule has 1 saturated heterocycles. The molecule has 3 aromatic rings. The lowest BCUT2D eigenvalue weighted by Crippen LogP contribution is -2.29. The highest BCUT2D eigenvalue weighted by Gasteiger charge is 2.48. The lowest BCUT2D eigenvalue weighted by atomic mass is 9.94. The van der Waals surface area contributed by atoms with Gasteiger partial charge in [0.25, 0.3) is 5.78 Å². The third-order valence-electron chi connectivity index (χ3n) is 5.59. The lowest BCUT2D eigenvalue weighted by Gasteiger charge is -2.23. The number of aryl methyl sites for hydroxylation is 1. The van der Waals surface area contributed by atoms with Crippen LogP contribution in [0.15, 0.2) is 42.0 Å². The Kier molecular flexibility index (Phi) is 5.39. The van der Waals surface area contributed by atoms with Crippen LogP contribution in [0.1, 0.15) is 34.7 Å². The largest absolute Gasteiger partial charge is 0.507 e. The second-order valence-electron chi connectivity index (χ2n) is 7.90. The number of hydrogen-bond acceptors (Lipinski definition) is 7. The van der Waals surface area contributed by atoms with Crippen LogP contribution >= 0.6 is 34.5 Å². The minimum atomic E-state index is -0.949. The van der Waals surface area contributed by atoms with Crippen LogP contribution < -0.4 is 9.64 Å². The minimum Gasteiger partial charge on any atom is -0.507 e. The molecule has 1 aromatic heterocycles. The molecule has 7 nitrogen and oxygen atoms in total. The number of carbonyl (C=O) groups excluding carboxylic acids is 2. The van der Waals surface area contributed by atoms with E-state index in [2.05, 4.69) is 10.2 Å². The molecule has 2 atom stereocenters. The monoisotopic (exact) mass is 501 g/mol. The number of Topliss-reactive ketones (excluding diaryl/α,β-unsaturated/α-hetero) is 1. The van der Waals surface area contributed by atoms with E-state index < -0.39 is 17.7 Å². The second-order valence-corrected chi connectivity index (χ2v) is 9.88. The van der Waals surface area contributed by atoms with E-state index >= 15 is 0 Å². The van der Waals surface area contributed by atoms with Crippen molar-refractivity contribution in [2.45, 2.75) is 32.4 Å². The molecular weight excluding hydrogens is 485 g/mol. The number of aliphatic hydroxyl groups is 1. The Bertz CT molecular complexity index is 1350. The Morgan fingerprint density at radius 2 is 1.94 bits per heavy atom. The number of anilines is 1. The average molecular weight is 502 g/mol. The quantitative estimate of drug-likeness (QED) is 0.304. The third-order valence-corrected chi connectivity index (χ3v) is 7.17. The second kappa shape index (κ2) is 8.13. The summed E-state index contributed by atoms with van der Waals surface area (Å²) in [5, 5.41) is 20.8. The molecule has 0 unspecified atom stereocenters. The number of nitrogens with zero attached hydrogens (tertiary/aromatic N) is 3. The van der Waals surface area contributed by atoms with E-state index in [1.54, 1.807) is 43.3 Å². The van der Waals surface area contributed by atoms with Gasteiger partial charge in [-0.15, -0.1) is 10.2 Å². The van der Waals surface area contributed by atoms with Gasteiger partial charge in [0.15, 0.2) is 0 Å². The fourth-order valence-corrected chi connectivity index (χ4v) is 5.16. The predicted octanol–water partition coefficient (Wildman–Crippen LogP) is 5.10. The fraction of sp³-hybridized carbons (Fsp3) is 0.217. The van der Waals surface area contributed by atoms with E-state index in [1.165, 1.54) is 16.2 Å². The zero-order valence-corrected chi connectivity index (χ0v) is 19.8. The van der Waals surface area contributed by atoms with Crippen LogP contribution in [0.4, 0.5) is 5.13 Å². The molecule has 10 heteroatoms. The lowest BCUT2D eigenvalue weighted by molar-refractivity contribution is -0.132. The maximum atomic E-state index is 13.2. The molecule has 0 saturated carbocycles. The van der Waals surface area contributed by atoms with Crippen LogP contribution in [-0.2, 0) is 16.0 Å². The number of amides is 1. The molecule has 2 aromatic carbocycles. The number of ketones is 1. The van der Waals surface area contributed by atoms with Crippen molar-refractivity contribution in [2.75, 3.05) is 4.90 Å². The Morgan fingerprint density at radius 1 is 1.15 bits per heavy atom. The van der Waals surface area contributed by atoms with Gasteiger partial charge in [-0.2, -0.15) is 0 Å². The van der Waals surface area contributed by atoms with Crippen molar-refractivity contribution in [3.05, 3.63) is 73.7 Å². The molecule has 0 bridgehead atoms. The summed E-state index contributed by atoms with van der Waals surface area (Å²) in [6.45, 7) is 3.71. The highest BCUT2D eigenvalue weighted by molar-refractivity contribution is 7.15. The van der Waals surface area contributed by atoms with Crippen molar-refractivity contribution in [2.24, 2.45) is 0 Å². The van der Waals surface area contributed by atoms with Crippen LogP contribution in [0.2, 0.25) is 10.0 Å². The molecule has 0 spiro atoms. The zero-order valence-electron chi connectivity index (χ0n) is 17.5. The van der Waals surface area contributed by atoms with Crippen molar-refractivity contribution in [1.82, 2.24) is 10.2 Å². The van der Waals surface area contributed by atoms with Gasteiger partial charge >= 0.3 is 5.91 Å². The summed E-state index contributed by atoms with van der Waals surface area (Å²) in [4.78, 5) is 27.6. The number of carbonyl (C=O) groups is 2. The Morgan fingerprint density at radius 3 is 2.64 bits per heavy atom. The predicted molar refractivity (Wildman–Crippen MR) is 126 cm³/mol. The van der Waals surface area contributed by atoms with Crippen molar-refractivity contribution in [3.63, 3.8) is 0 Å². The Balaban J connectivity index is 1.70. The van der Waals surface area contributed by atoms with E-state index in [9.17, 15) is 14.7 Å². The summed E-state index contributed by atoms with van der Waals surface area (Å²) in [5.41, 5.74) is 1.80. The van der Waals surface area contributed by atoms with Gasteiger partial charge in [0, 0.05) is 12.0 Å². The summed E-state index contributed by atoms with van der Waals surface area (Å²) in [6.07, 6.45) is 0.713. The highest BCUT2D eigenvalue weighted by atomic mass is 35.5. The van der Waals surface area contributed by atoms with E-state index in [4.69, 9.17) is 27.9 Å². The third kappa shape index (κ3) is 3.68. The van der Waals surface area contributed by atoms with Gasteiger partial charge in [-0.1, -0.05) is 40.6 Å². The fourth-order valence-electron chi connectivity index (χ4n) is 4.14. The first kappa shape index (κ1) is 21.9. The normalized spacial score (nSPS) is 21.4. The molecule has 2 aliphatic heterocycles. The number of hydrogen-bond donors (Lipinski definition) is 1.